The van der Waals surface area contributed by atoms with Crippen molar-refractivity contribution in [1.29, 1.82) is 0 Å². The predicted octanol–water partition coefficient (Wildman–Crippen LogP) is 3.61. The summed E-state index contributed by atoms with van der Waals surface area (Å²) in [6, 6.07) is 21.1. The summed E-state index contributed by atoms with van der Waals surface area (Å²) in [6.45, 7) is 2.89. The molecule has 1 heterocycles. The summed E-state index contributed by atoms with van der Waals surface area (Å²) < 4.78 is 5.97. The van der Waals surface area contributed by atoms with Crippen LogP contribution in [-0.4, -0.2) is 18.1 Å². The second kappa shape index (κ2) is 6.00. The number of benzene rings is 2. The SMILES string of the molecule is c1ccc(CN2CCCOC2c2ccccc2)cc1. The van der Waals surface area contributed by atoms with E-state index >= 15 is 0 Å². The van der Waals surface area contributed by atoms with Gasteiger partial charge < -0.3 is 4.74 Å². The van der Waals surface area contributed by atoms with E-state index in [1.807, 2.05) is 6.07 Å². The molecule has 19 heavy (non-hydrogen) atoms. The summed E-state index contributed by atoms with van der Waals surface area (Å²) in [7, 11) is 0. The molecule has 0 aliphatic carbocycles. The molecular formula is C17H19NO. The molecule has 0 amide bonds. The first-order valence-electron chi connectivity index (χ1n) is 6.88. The lowest BCUT2D eigenvalue weighted by Gasteiger charge is -2.35. The summed E-state index contributed by atoms with van der Waals surface area (Å²) in [5.41, 5.74) is 2.59. The lowest BCUT2D eigenvalue weighted by molar-refractivity contribution is -0.103. The topological polar surface area (TPSA) is 12.5 Å². The Bertz CT molecular complexity index is 497. The summed E-state index contributed by atoms with van der Waals surface area (Å²) >= 11 is 0. The molecular weight excluding hydrogens is 234 g/mol. The summed E-state index contributed by atoms with van der Waals surface area (Å²) in [5.74, 6) is 0. The van der Waals surface area contributed by atoms with Crippen molar-refractivity contribution in [3.63, 3.8) is 0 Å². The largest absolute Gasteiger partial charge is 0.359 e. The second-order valence-electron chi connectivity index (χ2n) is 4.94. The zero-order valence-corrected chi connectivity index (χ0v) is 11.0. The normalized spacial score (nSPS) is 20.3. The van der Waals surface area contributed by atoms with Crippen molar-refractivity contribution < 1.29 is 4.74 Å². The molecule has 0 N–H and O–H groups in total. The lowest BCUT2D eigenvalue weighted by atomic mass is 10.1. The van der Waals surface area contributed by atoms with Crippen molar-refractivity contribution in [2.45, 2.75) is 19.2 Å². The monoisotopic (exact) mass is 253 g/mol. The van der Waals surface area contributed by atoms with Crippen molar-refractivity contribution in [2.24, 2.45) is 0 Å². The maximum atomic E-state index is 5.97. The minimum Gasteiger partial charge on any atom is -0.359 e. The summed E-state index contributed by atoms with van der Waals surface area (Å²) in [5, 5.41) is 0. The minimum absolute atomic E-state index is 0.0927. The van der Waals surface area contributed by atoms with Gasteiger partial charge in [0.05, 0.1) is 6.61 Å². The number of hydrogen-bond acceptors (Lipinski definition) is 2. The Morgan fingerprint density at radius 2 is 1.63 bits per heavy atom. The Labute approximate surface area is 114 Å². The summed E-state index contributed by atoms with van der Waals surface area (Å²) in [4.78, 5) is 2.41. The van der Waals surface area contributed by atoms with Crippen LogP contribution in [0.4, 0.5) is 0 Å². The van der Waals surface area contributed by atoms with E-state index in [1.54, 1.807) is 0 Å². The number of hydrogen-bond donors (Lipinski definition) is 0. The minimum atomic E-state index is 0.0927. The molecule has 2 heteroatoms. The fourth-order valence-electron chi connectivity index (χ4n) is 2.59. The molecule has 1 aliphatic rings. The highest BCUT2D eigenvalue weighted by molar-refractivity contribution is 5.19. The molecule has 2 aromatic rings. The summed E-state index contributed by atoms with van der Waals surface area (Å²) in [6.07, 6.45) is 1.20. The molecule has 0 saturated carbocycles. The van der Waals surface area contributed by atoms with Gasteiger partial charge in [0.2, 0.25) is 0 Å². The molecule has 0 bridgehead atoms. The van der Waals surface area contributed by atoms with Crippen molar-refractivity contribution in [1.82, 2.24) is 4.90 Å². The van der Waals surface area contributed by atoms with E-state index in [2.05, 4.69) is 59.5 Å². The van der Waals surface area contributed by atoms with E-state index in [-0.39, 0.29) is 6.23 Å². The molecule has 0 spiro atoms. The van der Waals surface area contributed by atoms with Crippen molar-refractivity contribution >= 4 is 0 Å². The third kappa shape index (κ3) is 3.03. The lowest BCUT2D eigenvalue weighted by Crippen LogP contribution is -2.36. The van der Waals surface area contributed by atoms with Gasteiger partial charge in [-0.1, -0.05) is 60.7 Å². The highest BCUT2D eigenvalue weighted by atomic mass is 16.5. The standard InChI is InChI=1S/C17H19NO/c1-3-8-15(9-4-1)14-18-12-7-13-19-17(18)16-10-5-2-6-11-16/h1-6,8-11,17H,7,12-14H2. The van der Waals surface area contributed by atoms with Crippen LogP contribution >= 0.6 is 0 Å². The van der Waals surface area contributed by atoms with Crippen LogP contribution in [0.5, 0.6) is 0 Å². The van der Waals surface area contributed by atoms with E-state index in [4.69, 9.17) is 4.74 Å². The first-order chi connectivity index (χ1) is 9.43. The van der Waals surface area contributed by atoms with E-state index in [0.717, 1.165) is 26.1 Å². The fourth-order valence-corrected chi connectivity index (χ4v) is 2.59. The first kappa shape index (κ1) is 12.4. The van der Waals surface area contributed by atoms with Crippen molar-refractivity contribution in [3.05, 3.63) is 71.8 Å². The smallest absolute Gasteiger partial charge is 0.137 e. The third-order valence-corrected chi connectivity index (χ3v) is 3.51. The van der Waals surface area contributed by atoms with Crippen LogP contribution < -0.4 is 0 Å². The first-order valence-corrected chi connectivity index (χ1v) is 6.88. The van der Waals surface area contributed by atoms with Crippen LogP contribution in [-0.2, 0) is 11.3 Å². The van der Waals surface area contributed by atoms with Crippen LogP contribution in [0.15, 0.2) is 60.7 Å². The van der Waals surface area contributed by atoms with Gasteiger partial charge in [-0.05, 0) is 17.5 Å². The molecule has 1 unspecified atom stereocenters. The Morgan fingerprint density at radius 3 is 2.37 bits per heavy atom. The Balaban J connectivity index is 1.78. The second-order valence-corrected chi connectivity index (χ2v) is 4.94. The van der Waals surface area contributed by atoms with Gasteiger partial charge in [-0.15, -0.1) is 0 Å². The van der Waals surface area contributed by atoms with E-state index in [0.29, 0.717) is 0 Å². The van der Waals surface area contributed by atoms with Crippen LogP contribution in [0.1, 0.15) is 23.8 Å². The molecule has 3 rings (SSSR count). The van der Waals surface area contributed by atoms with Gasteiger partial charge in [-0.3, -0.25) is 4.90 Å². The van der Waals surface area contributed by atoms with Gasteiger partial charge in [0.15, 0.2) is 0 Å². The van der Waals surface area contributed by atoms with E-state index < -0.39 is 0 Å². The van der Waals surface area contributed by atoms with E-state index in [1.165, 1.54) is 11.1 Å². The maximum Gasteiger partial charge on any atom is 0.137 e. The number of ether oxygens (including phenoxy) is 1. The average Bonchev–Trinajstić information content (AvgIpc) is 2.50. The van der Waals surface area contributed by atoms with E-state index in [9.17, 15) is 0 Å². The molecule has 1 saturated heterocycles. The highest BCUT2D eigenvalue weighted by Gasteiger charge is 2.24. The van der Waals surface area contributed by atoms with Crippen molar-refractivity contribution in [3.8, 4) is 0 Å². The fraction of sp³-hybridized carbons (Fsp3) is 0.294. The molecule has 0 aromatic heterocycles. The van der Waals surface area contributed by atoms with Gasteiger partial charge in [0.25, 0.3) is 0 Å². The molecule has 1 fully saturated rings. The number of rotatable bonds is 3. The zero-order chi connectivity index (χ0) is 12.9. The van der Waals surface area contributed by atoms with Gasteiger partial charge in [0.1, 0.15) is 6.23 Å². The Hall–Kier alpha value is -1.64. The molecule has 2 aromatic carbocycles. The molecule has 1 aliphatic heterocycles. The van der Waals surface area contributed by atoms with Gasteiger partial charge in [0, 0.05) is 13.1 Å². The predicted molar refractivity (Wildman–Crippen MR) is 76.6 cm³/mol. The maximum absolute atomic E-state index is 5.97. The zero-order valence-electron chi connectivity index (χ0n) is 11.0. The third-order valence-electron chi connectivity index (χ3n) is 3.51. The molecule has 2 nitrogen and oxygen atoms in total. The van der Waals surface area contributed by atoms with Crippen molar-refractivity contribution in [2.75, 3.05) is 13.2 Å². The Kier molecular flexibility index (Phi) is 3.92. The van der Waals surface area contributed by atoms with Crippen LogP contribution in [0.3, 0.4) is 0 Å². The average molecular weight is 253 g/mol. The number of nitrogens with zero attached hydrogens (tertiary/aromatic N) is 1. The quantitative estimate of drug-likeness (QED) is 0.828. The molecule has 1 atom stereocenters. The van der Waals surface area contributed by atoms with Crippen LogP contribution in [0.25, 0.3) is 0 Å². The van der Waals surface area contributed by atoms with Gasteiger partial charge in [-0.25, -0.2) is 0 Å². The van der Waals surface area contributed by atoms with Gasteiger partial charge >= 0.3 is 0 Å². The van der Waals surface area contributed by atoms with Crippen LogP contribution in [0, 0.1) is 0 Å². The molecule has 98 valence electrons. The highest BCUT2D eigenvalue weighted by Crippen LogP contribution is 2.27. The molecule has 0 radical (unpaired) electrons. The van der Waals surface area contributed by atoms with Gasteiger partial charge in [-0.2, -0.15) is 0 Å². The Morgan fingerprint density at radius 1 is 0.947 bits per heavy atom. The van der Waals surface area contributed by atoms with Crippen LogP contribution in [0.2, 0.25) is 0 Å².